The third-order valence-corrected chi connectivity index (χ3v) is 5.15. The smallest absolute Gasteiger partial charge is 0.130 e. The zero-order valence-corrected chi connectivity index (χ0v) is 15.2. The molecular formula is C21H23N3O2. The Morgan fingerprint density at radius 3 is 2.35 bits per heavy atom. The SMILES string of the molecule is COc1ccc(-c2ccc(-c3cnnn3C3CCCC3)cc2)c(OC)c1. The molecule has 5 heteroatoms. The molecule has 0 aliphatic heterocycles. The van der Waals surface area contributed by atoms with Gasteiger partial charge in [-0.3, -0.25) is 0 Å². The first-order valence-electron chi connectivity index (χ1n) is 9.03. The lowest BCUT2D eigenvalue weighted by Crippen LogP contribution is -2.08. The average molecular weight is 349 g/mol. The molecule has 0 spiro atoms. The van der Waals surface area contributed by atoms with Gasteiger partial charge >= 0.3 is 0 Å². The molecule has 134 valence electrons. The highest BCUT2D eigenvalue weighted by Gasteiger charge is 2.21. The summed E-state index contributed by atoms with van der Waals surface area (Å²) >= 11 is 0. The molecule has 0 saturated heterocycles. The number of nitrogens with zero attached hydrogens (tertiary/aromatic N) is 3. The van der Waals surface area contributed by atoms with Crippen LogP contribution in [-0.2, 0) is 0 Å². The van der Waals surface area contributed by atoms with Crippen LogP contribution in [0.3, 0.4) is 0 Å². The van der Waals surface area contributed by atoms with Crippen LogP contribution in [0, 0.1) is 0 Å². The quantitative estimate of drug-likeness (QED) is 0.667. The van der Waals surface area contributed by atoms with Gasteiger partial charge in [-0.25, -0.2) is 4.68 Å². The molecule has 5 nitrogen and oxygen atoms in total. The molecule has 0 atom stereocenters. The summed E-state index contributed by atoms with van der Waals surface area (Å²) in [5.74, 6) is 1.59. The molecular weight excluding hydrogens is 326 g/mol. The second-order valence-corrected chi connectivity index (χ2v) is 6.65. The molecule has 0 unspecified atom stereocenters. The lowest BCUT2D eigenvalue weighted by molar-refractivity contribution is 0.395. The van der Waals surface area contributed by atoms with Crippen molar-refractivity contribution in [1.29, 1.82) is 0 Å². The number of ether oxygens (including phenoxy) is 2. The fourth-order valence-corrected chi connectivity index (χ4v) is 3.73. The van der Waals surface area contributed by atoms with Crippen LogP contribution >= 0.6 is 0 Å². The molecule has 2 aromatic carbocycles. The first-order chi connectivity index (χ1) is 12.8. The summed E-state index contributed by atoms with van der Waals surface area (Å²) in [6, 6.07) is 14.8. The Bertz CT molecular complexity index is 881. The first-order valence-corrected chi connectivity index (χ1v) is 9.03. The first kappa shape index (κ1) is 16.6. The summed E-state index contributed by atoms with van der Waals surface area (Å²) in [7, 11) is 3.34. The van der Waals surface area contributed by atoms with Crippen LogP contribution in [0.25, 0.3) is 22.4 Å². The van der Waals surface area contributed by atoms with Gasteiger partial charge in [-0.15, -0.1) is 5.10 Å². The summed E-state index contributed by atoms with van der Waals surface area (Å²) < 4.78 is 12.9. The third kappa shape index (κ3) is 3.05. The Morgan fingerprint density at radius 2 is 1.65 bits per heavy atom. The van der Waals surface area contributed by atoms with Gasteiger partial charge in [0.05, 0.1) is 32.2 Å². The van der Waals surface area contributed by atoms with Crippen molar-refractivity contribution in [1.82, 2.24) is 15.0 Å². The van der Waals surface area contributed by atoms with Gasteiger partial charge in [0.1, 0.15) is 11.5 Å². The molecule has 0 amide bonds. The predicted octanol–water partition coefficient (Wildman–Crippen LogP) is 4.74. The maximum atomic E-state index is 5.53. The molecule has 1 aromatic heterocycles. The molecule has 1 aliphatic carbocycles. The van der Waals surface area contributed by atoms with E-state index < -0.39 is 0 Å². The minimum absolute atomic E-state index is 0.480. The monoisotopic (exact) mass is 349 g/mol. The van der Waals surface area contributed by atoms with E-state index in [1.807, 2.05) is 24.4 Å². The standard InChI is InChI=1S/C21H23N3O2/c1-25-18-11-12-19(21(13-18)26-2)15-7-9-16(10-8-15)20-14-22-23-24(20)17-5-3-4-6-17/h7-14,17H,3-6H2,1-2H3. The Labute approximate surface area is 153 Å². The summed E-state index contributed by atoms with van der Waals surface area (Å²) in [5, 5.41) is 8.48. The second-order valence-electron chi connectivity index (χ2n) is 6.65. The lowest BCUT2D eigenvalue weighted by Gasteiger charge is -2.14. The molecule has 3 aromatic rings. The molecule has 0 N–H and O–H groups in total. The fraction of sp³-hybridized carbons (Fsp3) is 0.333. The highest BCUT2D eigenvalue weighted by molar-refractivity contribution is 5.74. The number of aromatic nitrogens is 3. The zero-order valence-electron chi connectivity index (χ0n) is 15.2. The summed E-state index contributed by atoms with van der Waals surface area (Å²) in [5.41, 5.74) is 4.37. The van der Waals surface area contributed by atoms with Gasteiger partial charge in [0, 0.05) is 17.2 Å². The Kier molecular flexibility index (Phi) is 4.61. The minimum Gasteiger partial charge on any atom is -0.497 e. The maximum absolute atomic E-state index is 5.53. The van der Waals surface area contributed by atoms with E-state index >= 15 is 0 Å². The Hall–Kier alpha value is -2.82. The molecule has 1 aliphatic rings. The predicted molar refractivity (Wildman–Crippen MR) is 102 cm³/mol. The number of methoxy groups -OCH3 is 2. The molecule has 1 heterocycles. The van der Waals surface area contributed by atoms with Gasteiger partial charge in [-0.2, -0.15) is 0 Å². The molecule has 26 heavy (non-hydrogen) atoms. The largest absolute Gasteiger partial charge is 0.497 e. The van der Waals surface area contributed by atoms with Crippen LogP contribution in [0.4, 0.5) is 0 Å². The third-order valence-electron chi connectivity index (χ3n) is 5.15. The number of benzene rings is 2. The molecule has 1 fully saturated rings. The van der Waals surface area contributed by atoms with E-state index in [0.29, 0.717) is 6.04 Å². The van der Waals surface area contributed by atoms with Gasteiger partial charge in [-0.1, -0.05) is 42.3 Å². The maximum Gasteiger partial charge on any atom is 0.130 e. The molecule has 1 saturated carbocycles. The van der Waals surface area contributed by atoms with Crippen molar-refractivity contribution < 1.29 is 9.47 Å². The van der Waals surface area contributed by atoms with E-state index in [0.717, 1.165) is 33.9 Å². The van der Waals surface area contributed by atoms with E-state index in [1.54, 1.807) is 14.2 Å². The van der Waals surface area contributed by atoms with Crippen molar-refractivity contribution in [3.63, 3.8) is 0 Å². The lowest BCUT2D eigenvalue weighted by atomic mass is 10.0. The van der Waals surface area contributed by atoms with Crippen LogP contribution in [-0.4, -0.2) is 29.2 Å². The van der Waals surface area contributed by atoms with Crippen molar-refractivity contribution in [3.05, 3.63) is 48.7 Å². The van der Waals surface area contributed by atoms with E-state index in [1.165, 1.54) is 25.7 Å². The highest BCUT2D eigenvalue weighted by atomic mass is 16.5. The van der Waals surface area contributed by atoms with Crippen LogP contribution < -0.4 is 9.47 Å². The number of hydrogen-bond donors (Lipinski definition) is 0. The van der Waals surface area contributed by atoms with Crippen LogP contribution in [0.5, 0.6) is 11.5 Å². The Morgan fingerprint density at radius 1 is 0.923 bits per heavy atom. The van der Waals surface area contributed by atoms with E-state index in [2.05, 4.69) is 39.3 Å². The normalized spacial score (nSPS) is 14.5. The van der Waals surface area contributed by atoms with Gasteiger partial charge < -0.3 is 9.47 Å². The van der Waals surface area contributed by atoms with E-state index in [4.69, 9.17) is 9.47 Å². The van der Waals surface area contributed by atoms with Crippen molar-refractivity contribution in [2.75, 3.05) is 14.2 Å². The molecule has 4 rings (SSSR count). The average Bonchev–Trinajstić information content (AvgIpc) is 3.39. The van der Waals surface area contributed by atoms with E-state index in [9.17, 15) is 0 Å². The minimum atomic E-state index is 0.480. The summed E-state index contributed by atoms with van der Waals surface area (Å²) in [4.78, 5) is 0. The van der Waals surface area contributed by atoms with Crippen molar-refractivity contribution in [2.24, 2.45) is 0 Å². The summed E-state index contributed by atoms with van der Waals surface area (Å²) in [6.07, 6.45) is 6.80. The van der Waals surface area contributed by atoms with Crippen LogP contribution in [0.15, 0.2) is 48.7 Å². The number of hydrogen-bond acceptors (Lipinski definition) is 4. The van der Waals surface area contributed by atoms with Gasteiger partial charge in [0.15, 0.2) is 0 Å². The van der Waals surface area contributed by atoms with Crippen molar-refractivity contribution >= 4 is 0 Å². The van der Waals surface area contributed by atoms with Gasteiger partial charge in [0.25, 0.3) is 0 Å². The van der Waals surface area contributed by atoms with Crippen LogP contribution in [0.1, 0.15) is 31.7 Å². The summed E-state index contributed by atoms with van der Waals surface area (Å²) in [6.45, 7) is 0. The second kappa shape index (κ2) is 7.20. The zero-order chi connectivity index (χ0) is 17.9. The van der Waals surface area contributed by atoms with Crippen molar-refractivity contribution in [2.45, 2.75) is 31.7 Å². The number of rotatable bonds is 5. The molecule has 0 radical (unpaired) electrons. The van der Waals surface area contributed by atoms with Gasteiger partial charge in [-0.05, 0) is 30.5 Å². The Balaban J connectivity index is 1.65. The van der Waals surface area contributed by atoms with Crippen molar-refractivity contribution in [3.8, 4) is 33.9 Å². The van der Waals surface area contributed by atoms with E-state index in [-0.39, 0.29) is 0 Å². The van der Waals surface area contributed by atoms with Gasteiger partial charge in [0.2, 0.25) is 0 Å². The van der Waals surface area contributed by atoms with Crippen LogP contribution in [0.2, 0.25) is 0 Å². The topological polar surface area (TPSA) is 49.2 Å². The fourth-order valence-electron chi connectivity index (χ4n) is 3.73. The molecule has 0 bridgehead atoms. The highest BCUT2D eigenvalue weighted by Crippen LogP contribution is 2.36.